The van der Waals surface area contributed by atoms with Crippen LogP contribution in [0.15, 0.2) is 84.4 Å². The second kappa shape index (κ2) is 11.9. The smallest absolute Gasteiger partial charge is 0.295 e. The van der Waals surface area contributed by atoms with E-state index in [1.807, 2.05) is 67.6 Å². The van der Waals surface area contributed by atoms with Crippen LogP contribution < -0.4 is 4.74 Å². The molecule has 0 bridgehead atoms. The zero-order valence-corrected chi connectivity index (χ0v) is 21.7. The summed E-state index contributed by atoms with van der Waals surface area (Å²) in [6.45, 7) is 9.23. The third-order valence-electron chi connectivity index (χ3n) is 6.89. The molecule has 0 aromatic heterocycles. The van der Waals surface area contributed by atoms with Gasteiger partial charge in [0.05, 0.1) is 11.6 Å². The summed E-state index contributed by atoms with van der Waals surface area (Å²) in [5.41, 5.74) is 3.27. The Hall–Kier alpha value is -3.90. The SMILES string of the molecule is CCN(CC)CCN1C(=O)C(=O)C(=C(O)c2ccc(OCc3ccccc3)c(C)c2)[C@@H]1c1ccccc1. The van der Waals surface area contributed by atoms with Crippen molar-refractivity contribution < 1.29 is 19.4 Å². The molecule has 3 aromatic rings. The topological polar surface area (TPSA) is 70.1 Å². The van der Waals surface area contributed by atoms with E-state index in [2.05, 4.69) is 18.7 Å². The Bertz CT molecular complexity index is 1270. The summed E-state index contributed by atoms with van der Waals surface area (Å²) in [5, 5.41) is 11.4. The number of ketones is 1. The molecule has 1 aliphatic heterocycles. The number of nitrogens with zero attached hydrogens (tertiary/aromatic N) is 2. The molecule has 1 N–H and O–H groups in total. The maximum atomic E-state index is 13.3. The van der Waals surface area contributed by atoms with E-state index in [1.54, 1.807) is 23.1 Å². The van der Waals surface area contributed by atoms with E-state index in [4.69, 9.17) is 4.74 Å². The number of Topliss-reactive ketones (excluding diaryl/α,β-unsaturated/α-hetero) is 1. The Morgan fingerprint density at radius 1 is 0.946 bits per heavy atom. The highest BCUT2D eigenvalue weighted by atomic mass is 16.5. The molecule has 3 aromatic carbocycles. The second-order valence-corrected chi connectivity index (χ2v) is 9.18. The van der Waals surface area contributed by atoms with Gasteiger partial charge < -0.3 is 19.6 Å². The van der Waals surface area contributed by atoms with E-state index in [9.17, 15) is 14.7 Å². The summed E-state index contributed by atoms with van der Waals surface area (Å²) in [6.07, 6.45) is 0. The summed E-state index contributed by atoms with van der Waals surface area (Å²) in [5.74, 6) is -0.718. The fourth-order valence-electron chi connectivity index (χ4n) is 4.73. The van der Waals surface area contributed by atoms with Crippen molar-refractivity contribution >= 4 is 17.4 Å². The van der Waals surface area contributed by atoms with E-state index in [-0.39, 0.29) is 11.3 Å². The molecule has 1 heterocycles. The van der Waals surface area contributed by atoms with Crippen LogP contribution in [0.2, 0.25) is 0 Å². The van der Waals surface area contributed by atoms with Gasteiger partial charge in [0.1, 0.15) is 18.1 Å². The van der Waals surface area contributed by atoms with Crippen LogP contribution in [0.1, 0.15) is 42.1 Å². The number of hydrogen-bond donors (Lipinski definition) is 1. The maximum Gasteiger partial charge on any atom is 0.295 e. The number of likely N-dealkylation sites (tertiary alicyclic amines) is 1. The Balaban J connectivity index is 1.66. The minimum absolute atomic E-state index is 0.119. The summed E-state index contributed by atoms with van der Waals surface area (Å²) < 4.78 is 5.97. The fourth-order valence-corrected chi connectivity index (χ4v) is 4.73. The number of aryl methyl sites for hydroxylation is 1. The first-order chi connectivity index (χ1) is 17.9. The minimum atomic E-state index is -0.659. The first-order valence-electron chi connectivity index (χ1n) is 12.8. The van der Waals surface area contributed by atoms with E-state index < -0.39 is 17.7 Å². The van der Waals surface area contributed by atoms with Crippen molar-refractivity contribution in [1.29, 1.82) is 0 Å². The van der Waals surface area contributed by atoms with Gasteiger partial charge in [-0.15, -0.1) is 0 Å². The molecule has 1 amide bonds. The molecule has 1 saturated heterocycles. The molecule has 0 radical (unpaired) electrons. The number of amides is 1. The normalized spacial score (nSPS) is 17.0. The predicted molar refractivity (Wildman–Crippen MR) is 145 cm³/mol. The predicted octanol–water partition coefficient (Wildman–Crippen LogP) is 5.34. The van der Waals surface area contributed by atoms with Crippen molar-refractivity contribution in [2.75, 3.05) is 26.2 Å². The van der Waals surface area contributed by atoms with Gasteiger partial charge in [-0.05, 0) is 54.9 Å². The van der Waals surface area contributed by atoms with Gasteiger partial charge >= 0.3 is 0 Å². The van der Waals surface area contributed by atoms with Crippen molar-refractivity contribution in [2.45, 2.75) is 33.4 Å². The van der Waals surface area contributed by atoms with E-state index >= 15 is 0 Å². The average Bonchev–Trinajstić information content (AvgIpc) is 3.18. The lowest BCUT2D eigenvalue weighted by Gasteiger charge is -2.28. The summed E-state index contributed by atoms with van der Waals surface area (Å²) in [4.78, 5) is 30.2. The van der Waals surface area contributed by atoms with Crippen LogP contribution in [0, 0.1) is 6.92 Å². The first kappa shape index (κ1) is 26.2. The molecule has 0 unspecified atom stereocenters. The number of carbonyl (C=O) groups is 2. The van der Waals surface area contributed by atoms with Crippen molar-refractivity contribution in [3.05, 3.63) is 107 Å². The number of carbonyl (C=O) groups excluding carboxylic acids is 2. The number of ether oxygens (including phenoxy) is 1. The number of benzene rings is 3. The molecule has 0 saturated carbocycles. The van der Waals surface area contributed by atoms with Gasteiger partial charge in [0.15, 0.2) is 0 Å². The highest BCUT2D eigenvalue weighted by Crippen LogP contribution is 2.39. The van der Waals surface area contributed by atoms with Crippen molar-refractivity contribution in [1.82, 2.24) is 9.80 Å². The molecule has 37 heavy (non-hydrogen) atoms. The van der Waals surface area contributed by atoms with Gasteiger partial charge in [-0.25, -0.2) is 0 Å². The zero-order chi connectivity index (χ0) is 26.4. The Morgan fingerprint density at radius 2 is 1.59 bits per heavy atom. The van der Waals surface area contributed by atoms with Gasteiger partial charge in [0.25, 0.3) is 11.7 Å². The monoisotopic (exact) mass is 498 g/mol. The third kappa shape index (κ3) is 5.75. The average molecular weight is 499 g/mol. The van der Waals surface area contributed by atoms with Crippen molar-refractivity contribution in [2.24, 2.45) is 0 Å². The zero-order valence-electron chi connectivity index (χ0n) is 21.7. The molecule has 192 valence electrons. The number of likely N-dealkylation sites (N-methyl/N-ethyl adjacent to an activating group) is 1. The quantitative estimate of drug-likeness (QED) is 0.232. The first-order valence-corrected chi connectivity index (χ1v) is 12.8. The second-order valence-electron chi connectivity index (χ2n) is 9.18. The lowest BCUT2D eigenvalue weighted by atomic mass is 9.95. The van der Waals surface area contributed by atoms with Gasteiger partial charge in [-0.2, -0.15) is 0 Å². The van der Waals surface area contributed by atoms with Crippen molar-refractivity contribution in [3.8, 4) is 5.75 Å². The number of aliphatic hydroxyl groups is 1. The molecule has 6 nitrogen and oxygen atoms in total. The lowest BCUT2D eigenvalue weighted by molar-refractivity contribution is -0.140. The van der Waals surface area contributed by atoms with Gasteiger partial charge in [0.2, 0.25) is 0 Å². The fraction of sp³-hybridized carbons (Fsp3) is 0.290. The van der Waals surface area contributed by atoms with Gasteiger partial charge in [-0.1, -0.05) is 74.5 Å². The van der Waals surface area contributed by atoms with Crippen LogP contribution in [0.5, 0.6) is 5.75 Å². The van der Waals surface area contributed by atoms with E-state index in [0.717, 1.165) is 29.8 Å². The lowest BCUT2D eigenvalue weighted by Crippen LogP contribution is -2.38. The van der Waals surface area contributed by atoms with Crippen LogP contribution in [0.25, 0.3) is 5.76 Å². The molecule has 1 atom stereocenters. The molecule has 0 spiro atoms. The van der Waals surface area contributed by atoms with Crippen LogP contribution in [0.3, 0.4) is 0 Å². The molecule has 1 aliphatic rings. The molecule has 1 fully saturated rings. The van der Waals surface area contributed by atoms with Gasteiger partial charge in [0, 0.05) is 18.7 Å². The Morgan fingerprint density at radius 3 is 2.22 bits per heavy atom. The van der Waals surface area contributed by atoms with Crippen LogP contribution in [0.4, 0.5) is 0 Å². The highest BCUT2D eigenvalue weighted by molar-refractivity contribution is 6.46. The molecule has 0 aliphatic carbocycles. The minimum Gasteiger partial charge on any atom is -0.507 e. The third-order valence-corrected chi connectivity index (χ3v) is 6.89. The molecule has 4 rings (SSSR count). The molecule has 6 heteroatoms. The summed E-state index contributed by atoms with van der Waals surface area (Å²) in [6, 6.07) is 24.0. The standard InChI is InChI=1S/C31H34N2O4/c1-4-32(5-2)18-19-33-28(24-14-10-7-11-15-24)27(30(35)31(33)36)29(34)25-16-17-26(22(3)20-25)37-21-23-12-8-6-9-13-23/h6-17,20,28,34H,4-5,18-19,21H2,1-3H3/t28-/m0/s1. The summed E-state index contributed by atoms with van der Waals surface area (Å²) in [7, 11) is 0. The highest BCUT2D eigenvalue weighted by Gasteiger charge is 2.45. The van der Waals surface area contributed by atoms with Crippen LogP contribution in [-0.2, 0) is 16.2 Å². The van der Waals surface area contributed by atoms with E-state index in [1.165, 1.54) is 0 Å². The largest absolute Gasteiger partial charge is 0.507 e. The van der Waals surface area contributed by atoms with Crippen LogP contribution in [-0.4, -0.2) is 52.8 Å². The maximum absolute atomic E-state index is 13.3. The number of aliphatic hydroxyl groups excluding tert-OH is 1. The summed E-state index contributed by atoms with van der Waals surface area (Å²) >= 11 is 0. The Labute approximate surface area is 218 Å². The Kier molecular flexibility index (Phi) is 8.41. The molecular weight excluding hydrogens is 464 g/mol. The van der Waals surface area contributed by atoms with Crippen molar-refractivity contribution in [3.63, 3.8) is 0 Å². The van der Waals surface area contributed by atoms with Crippen LogP contribution >= 0.6 is 0 Å². The van der Waals surface area contributed by atoms with E-state index in [0.29, 0.717) is 31.0 Å². The van der Waals surface area contributed by atoms with Gasteiger partial charge in [-0.3, -0.25) is 9.59 Å². The molecular formula is C31H34N2O4. The number of hydrogen-bond acceptors (Lipinski definition) is 5. The number of rotatable bonds is 10.